The molecular formula is C17H15BrN2O2. The summed E-state index contributed by atoms with van der Waals surface area (Å²) in [6.45, 7) is 3.33. The molecule has 1 heterocycles. The summed E-state index contributed by atoms with van der Waals surface area (Å²) in [5, 5.41) is 13.5. The van der Waals surface area contributed by atoms with Crippen molar-refractivity contribution in [2.45, 2.75) is 19.5 Å². The van der Waals surface area contributed by atoms with Crippen molar-refractivity contribution < 1.29 is 4.76 Å². The Morgan fingerprint density at radius 1 is 1.09 bits per heavy atom. The second-order valence-electron chi connectivity index (χ2n) is 5.42. The van der Waals surface area contributed by atoms with Gasteiger partial charge in [0, 0.05) is 21.9 Å². The largest absolute Gasteiger partial charge is 0.753 e. The van der Waals surface area contributed by atoms with Crippen LogP contribution in [0.2, 0.25) is 0 Å². The van der Waals surface area contributed by atoms with Crippen LogP contribution in [0.3, 0.4) is 0 Å². The minimum absolute atomic E-state index is 0.418. The van der Waals surface area contributed by atoms with Gasteiger partial charge in [0.05, 0.1) is 16.0 Å². The zero-order valence-electron chi connectivity index (χ0n) is 12.3. The fourth-order valence-corrected chi connectivity index (χ4v) is 3.06. The third-order valence-electron chi connectivity index (χ3n) is 4.08. The monoisotopic (exact) mass is 358 g/mol. The van der Waals surface area contributed by atoms with Crippen molar-refractivity contribution in [2.24, 2.45) is 0 Å². The maximum atomic E-state index is 12.9. The first-order chi connectivity index (χ1) is 10.5. The average Bonchev–Trinajstić information content (AvgIpc) is 2.71. The summed E-state index contributed by atoms with van der Waals surface area (Å²) in [7, 11) is 0. The number of rotatable bonds is 2. The van der Waals surface area contributed by atoms with Gasteiger partial charge in [-0.1, -0.05) is 34.1 Å². The molecule has 0 saturated carbocycles. The molecule has 4 nitrogen and oxygen atoms in total. The SMILES string of the molecule is CC1=C(c2ccccc2)[N+](=O)C(C)(c2ccc(Br)cc2)N1[O-]. The van der Waals surface area contributed by atoms with Gasteiger partial charge >= 0.3 is 5.66 Å². The molecule has 2 aromatic rings. The van der Waals surface area contributed by atoms with Crippen LogP contribution in [0.1, 0.15) is 25.0 Å². The molecule has 0 amide bonds. The van der Waals surface area contributed by atoms with E-state index >= 15 is 0 Å². The highest BCUT2D eigenvalue weighted by molar-refractivity contribution is 9.10. The lowest BCUT2D eigenvalue weighted by atomic mass is 10.0. The molecule has 1 aliphatic heterocycles. The second-order valence-corrected chi connectivity index (χ2v) is 6.33. The molecule has 1 atom stereocenters. The standard InChI is InChI=1S/C17H15BrN2O2/c1-12-16(13-6-4-3-5-7-13)20(22)17(2,19(12)21)14-8-10-15(18)11-9-14/h3-11H,1-2H3. The third kappa shape index (κ3) is 2.09. The summed E-state index contributed by atoms with van der Waals surface area (Å²) < 4.78 is 1.72. The lowest BCUT2D eigenvalue weighted by Gasteiger charge is -2.35. The molecule has 1 unspecified atom stereocenters. The first-order valence-corrected chi connectivity index (χ1v) is 7.72. The number of hydrogen-bond acceptors (Lipinski definition) is 3. The molecule has 0 radical (unpaired) electrons. The van der Waals surface area contributed by atoms with Gasteiger partial charge in [0.25, 0.3) is 5.70 Å². The number of halogens is 1. The molecule has 0 spiro atoms. The smallest absolute Gasteiger partial charge is 0.306 e. The predicted molar refractivity (Wildman–Crippen MR) is 89.4 cm³/mol. The maximum absolute atomic E-state index is 12.9. The molecule has 2 aromatic carbocycles. The summed E-state index contributed by atoms with van der Waals surface area (Å²) in [6.07, 6.45) is 0. The molecular weight excluding hydrogens is 344 g/mol. The zero-order chi connectivity index (χ0) is 15.9. The molecule has 5 heteroatoms. The van der Waals surface area contributed by atoms with Gasteiger partial charge in [-0.05, 0) is 43.3 Å². The van der Waals surface area contributed by atoms with Crippen molar-refractivity contribution >= 4 is 21.6 Å². The summed E-state index contributed by atoms with van der Waals surface area (Å²) in [4.78, 5) is 12.9. The highest BCUT2D eigenvalue weighted by atomic mass is 79.9. The lowest BCUT2D eigenvalue weighted by molar-refractivity contribution is -0.565. The van der Waals surface area contributed by atoms with E-state index in [1.54, 1.807) is 26.0 Å². The van der Waals surface area contributed by atoms with Gasteiger partial charge in [0.2, 0.25) is 0 Å². The molecule has 0 saturated heterocycles. The van der Waals surface area contributed by atoms with Crippen molar-refractivity contribution in [3.05, 3.63) is 86.0 Å². The number of allylic oxidation sites excluding steroid dienone is 1. The van der Waals surface area contributed by atoms with Crippen molar-refractivity contribution in [1.29, 1.82) is 0 Å². The number of hydrogen-bond donors (Lipinski definition) is 0. The summed E-state index contributed by atoms with van der Waals surface area (Å²) in [5.41, 5.74) is 0.950. The first-order valence-electron chi connectivity index (χ1n) is 6.93. The van der Waals surface area contributed by atoms with Crippen LogP contribution < -0.4 is 0 Å². The molecule has 0 aromatic heterocycles. The molecule has 0 N–H and O–H groups in total. The van der Waals surface area contributed by atoms with E-state index in [0.29, 0.717) is 17.0 Å². The van der Waals surface area contributed by atoms with Gasteiger partial charge in [0.15, 0.2) is 0 Å². The van der Waals surface area contributed by atoms with Crippen LogP contribution in [0.25, 0.3) is 5.70 Å². The number of hydroxylamine groups is 2. The van der Waals surface area contributed by atoms with E-state index < -0.39 is 5.66 Å². The summed E-state index contributed by atoms with van der Waals surface area (Å²) >= 11 is 3.37. The highest BCUT2D eigenvalue weighted by Gasteiger charge is 2.54. The van der Waals surface area contributed by atoms with Gasteiger partial charge in [-0.3, -0.25) is 0 Å². The number of nitroso groups, excluding NO2 is 1. The Labute approximate surface area is 137 Å². The number of benzene rings is 2. The molecule has 1 aliphatic rings. The van der Waals surface area contributed by atoms with Crippen LogP contribution in [-0.2, 0) is 5.66 Å². The van der Waals surface area contributed by atoms with Crippen LogP contribution >= 0.6 is 15.9 Å². The first kappa shape index (κ1) is 14.9. The van der Waals surface area contributed by atoms with Crippen LogP contribution in [0.4, 0.5) is 0 Å². The minimum Gasteiger partial charge on any atom is -0.753 e. The van der Waals surface area contributed by atoms with Gasteiger partial charge in [-0.2, -0.15) is 0 Å². The minimum atomic E-state index is -1.30. The van der Waals surface area contributed by atoms with E-state index in [1.165, 1.54) is 0 Å². The molecule has 0 aliphatic carbocycles. The summed E-state index contributed by atoms with van der Waals surface area (Å²) in [5.74, 6) is 0. The van der Waals surface area contributed by atoms with Crippen LogP contribution in [0, 0.1) is 10.1 Å². The topological polar surface area (TPSA) is 46.4 Å². The predicted octanol–water partition coefficient (Wildman–Crippen LogP) is 4.60. The van der Waals surface area contributed by atoms with Crippen molar-refractivity contribution in [1.82, 2.24) is 5.06 Å². The van der Waals surface area contributed by atoms with Crippen LogP contribution in [0.15, 0.2) is 64.8 Å². The Kier molecular flexibility index (Phi) is 3.62. The highest BCUT2D eigenvalue weighted by Crippen LogP contribution is 2.43. The Bertz CT molecular complexity index is 756. The normalized spacial score (nSPS) is 21.6. The van der Waals surface area contributed by atoms with Gasteiger partial charge in [0.1, 0.15) is 0 Å². The van der Waals surface area contributed by atoms with Crippen LogP contribution in [0.5, 0.6) is 0 Å². The Hall–Kier alpha value is -1.98. The zero-order valence-corrected chi connectivity index (χ0v) is 13.9. The second kappa shape index (κ2) is 5.34. The quantitative estimate of drug-likeness (QED) is 0.736. The molecule has 3 rings (SSSR count). The van der Waals surface area contributed by atoms with E-state index in [9.17, 15) is 10.1 Å². The average molecular weight is 359 g/mol. The van der Waals surface area contributed by atoms with E-state index in [-0.39, 0.29) is 0 Å². The van der Waals surface area contributed by atoms with Crippen molar-refractivity contribution in [2.75, 3.05) is 0 Å². The Morgan fingerprint density at radius 3 is 2.27 bits per heavy atom. The Morgan fingerprint density at radius 2 is 1.68 bits per heavy atom. The van der Waals surface area contributed by atoms with Gasteiger partial charge in [-0.25, -0.2) is 0 Å². The fourth-order valence-electron chi connectivity index (χ4n) is 2.79. The molecule has 0 fully saturated rings. The molecule has 22 heavy (non-hydrogen) atoms. The maximum Gasteiger partial charge on any atom is 0.306 e. The Balaban J connectivity index is 2.11. The van der Waals surface area contributed by atoms with Crippen molar-refractivity contribution in [3.63, 3.8) is 0 Å². The fraction of sp³-hybridized carbons (Fsp3) is 0.176. The third-order valence-corrected chi connectivity index (χ3v) is 4.61. The molecule has 0 bridgehead atoms. The summed E-state index contributed by atoms with van der Waals surface area (Å²) in [6, 6.07) is 16.5. The van der Waals surface area contributed by atoms with E-state index in [1.807, 2.05) is 42.5 Å². The number of nitrogens with zero attached hydrogens (tertiary/aromatic N) is 2. The van der Waals surface area contributed by atoms with E-state index in [0.717, 1.165) is 19.9 Å². The van der Waals surface area contributed by atoms with Crippen LogP contribution in [-0.4, -0.2) is 9.82 Å². The van der Waals surface area contributed by atoms with E-state index in [4.69, 9.17) is 0 Å². The van der Waals surface area contributed by atoms with E-state index in [2.05, 4.69) is 15.9 Å². The lowest BCUT2D eigenvalue weighted by Crippen LogP contribution is -2.41. The van der Waals surface area contributed by atoms with Gasteiger partial charge < -0.3 is 10.3 Å². The molecule has 112 valence electrons. The van der Waals surface area contributed by atoms with Crippen molar-refractivity contribution in [3.8, 4) is 0 Å². The van der Waals surface area contributed by atoms with Gasteiger partial charge in [-0.15, -0.1) is 0 Å².